The van der Waals surface area contributed by atoms with Gasteiger partial charge in [0.15, 0.2) is 0 Å². The van der Waals surface area contributed by atoms with Crippen LogP contribution in [0.15, 0.2) is 0 Å². The molecule has 0 aromatic rings. The van der Waals surface area contributed by atoms with Gasteiger partial charge in [-0.3, -0.25) is 4.90 Å². The molecule has 102 valence electrons. The van der Waals surface area contributed by atoms with Crippen molar-refractivity contribution in [3.05, 3.63) is 0 Å². The van der Waals surface area contributed by atoms with Crippen molar-refractivity contribution in [3.8, 4) is 0 Å². The molecule has 0 aromatic carbocycles. The molecule has 1 fully saturated rings. The van der Waals surface area contributed by atoms with Crippen molar-refractivity contribution >= 4 is 0 Å². The summed E-state index contributed by atoms with van der Waals surface area (Å²) in [6.45, 7) is 8.66. The Morgan fingerprint density at radius 1 is 1.47 bits per heavy atom. The van der Waals surface area contributed by atoms with Crippen LogP contribution >= 0.6 is 0 Å². The standard InChI is InChI=1S/C13H28N2O2/c1-11(8-16-5)15(4)13(10-14)6-7-17-12(2,3)9-13/h11H,6-10,14H2,1-5H3. The third kappa shape index (κ3) is 3.41. The SMILES string of the molecule is COCC(C)N(C)C1(CN)CCOC(C)(C)C1. The number of hydrogen-bond donors (Lipinski definition) is 1. The molecule has 2 N–H and O–H groups in total. The highest BCUT2D eigenvalue weighted by molar-refractivity contribution is 4.99. The molecule has 0 bridgehead atoms. The maximum absolute atomic E-state index is 6.06. The van der Waals surface area contributed by atoms with Gasteiger partial charge >= 0.3 is 0 Å². The molecule has 2 unspecified atom stereocenters. The largest absolute Gasteiger partial charge is 0.383 e. The second-order valence-electron chi connectivity index (χ2n) is 5.88. The zero-order valence-electron chi connectivity index (χ0n) is 12.0. The van der Waals surface area contributed by atoms with Gasteiger partial charge in [-0.2, -0.15) is 0 Å². The van der Waals surface area contributed by atoms with E-state index in [1.165, 1.54) is 0 Å². The van der Waals surface area contributed by atoms with Gasteiger partial charge < -0.3 is 15.2 Å². The van der Waals surface area contributed by atoms with Gasteiger partial charge in [-0.15, -0.1) is 0 Å². The summed E-state index contributed by atoms with van der Waals surface area (Å²) < 4.78 is 11.0. The van der Waals surface area contributed by atoms with E-state index < -0.39 is 0 Å². The average Bonchev–Trinajstić information content (AvgIpc) is 2.26. The van der Waals surface area contributed by atoms with Crippen molar-refractivity contribution in [1.29, 1.82) is 0 Å². The Morgan fingerprint density at radius 2 is 2.12 bits per heavy atom. The lowest BCUT2D eigenvalue weighted by atomic mass is 9.79. The van der Waals surface area contributed by atoms with Gasteiger partial charge in [0.05, 0.1) is 12.2 Å². The van der Waals surface area contributed by atoms with Crippen LogP contribution in [0.2, 0.25) is 0 Å². The van der Waals surface area contributed by atoms with Crippen molar-refractivity contribution in [2.24, 2.45) is 5.73 Å². The van der Waals surface area contributed by atoms with Crippen LogP contribution in [0.5, 0.6) is 0 Å². The Labute approximate surface area is 105 Å². The number of hydrogen-bond acceptors (Lipinski definition) is 4. The lowest BCUT2D eigenvalue weighted by Gasteiger charge is -2.51. The lowest BCUT2D eigenvalue weighted by molar-refractivity contribution is -0.123. The van der Waals surface area contributed by atoms with Gasteiger partial charge in [0.25, 0.3) is 0 Å². The second-order valence-corrected chi connectivity index (χ2v) is 5.88. The van der Waals surface area contributed by atoms with Gasteiger partial charge in [0, 0.05) is 31.8 Å². The van der Waals surface area contributed by atoms with Crippen LogP contribution in [0.4, 0.5) is 0 Å². The monoisotopic (exact) mass is 244 g/mol. The summed E-state index contributed by atoms with van der Waals surface area (Å²) in [5, 5.41) is 0. The molecule has 2 atom stereocenters. The van der Waals surface area contributed by atoms with Crippen LogP contribution in [0, 0.1) is 0 Å². The molecule has 1 heterocycles. The average molecular weight is 244 g/mol. The first-order valence-electron chi connectivity index (χ1n) is 6.43. The van der Waals surface area contributed by atoms with E-state index in [0.29, 0.717) is 12.6 Å². The van der Waals surface area contributed by atoms with E-state index >= 15 is 0 Å². The summed E-state index contributed by atoms with van der Waals surface area (Å²) in [6, 6.07) is 0.373. The number of rotatable bonds is 5. The first kappa shape index (κ1) is 14.9. The summed E-state index contributed by atoms with van der Waals surface area (Å²) >= 11 is 0. The molecule has 0 saturated carbocycles. The van der Waals surface area contributed by atoms with Crippen LogP contribution in [0.25, 0.3) is 0 Å². The van der Waals surface area contributed by atoms with E-state index in [-0.39, 0.29) is 11.1 Å². The Kier molecular flexibility index (Phi) is 4.95. The maximum atomic E-state index is 6.06. The van der Waals surface area contributed by atoms with Crippen molar-refractivity contribution in [1.82, 2.24) is 4.90 Å². The fraction of sp³-hybridized carbons (Fsp3) is 1.00. The minimum absolute atomic E-state index is 0.0414. The van der Waals surface area contributed by atoms with E-state index in [9.17, 15) is 0 Å². The Balaban J connectivity index is 2.80. The highest BCUT2D eigenvalue weighted by atomic mass is 16.5. The molecule has 17 heavy (non-hydrogen) atoms. The summed E-state index contributed by atoms with van der Waals surface area (Å²) in [7, 11) is 3.89. The molecular weight excluding hydrogens is 216 g/mol. The fourth-order valence-electron chi connectivity index (χ4n) is 2.89. The van der Waals surface area contributed by atoms with Gasteiger partial charge in [0.1, 0.15) is 0 Å². The van der Waals surface area contributed by atoms with E-state index in [2.05, 4.69) is 32.7 Å². The first-order valence-corrected chi connectivity index (χ1v) is 6.43. The Hall–Kier alpha value is -0.160. The molecule has 1 rings (SSSR count). The molecule has 0 aromatic heterocycles. The molecule has 1 aliphatic rings. The molecule has 0 aliphatic carbocycles. The molecule has 0 spiro atoms. The van der Waals surface area contributed by atoms with Crippen LogP contribution in [0.3, 0.4) is 0 Å². The summed E-state index contributed by atoms with van der Waals surface area (Å²) in [5.74, 6) is 0. The second kappa shape index (κ2) is 5.65. The summed E-state index contributed by atoms with van der Waals surface area (Å²) in [6.07, 6.45) is 1.97. The van der Waals surface area contributed by atoms with E-state index in [1.54, 1.807) is 7.11 Å². The Morgan fingerprint density at radius 3 is 2.59 bits per heavy atom. The molecule has 1 aliphatic heterocycles. The molecule has 0 radical (unpaired) electrons. The fourth-order valence-corrected chi connectivity index (χ4v) is 2.89. The first-order chi connectivity index (χ1) is 7.87. The van der Waals surface area contributed by atoms with Gasteiger partial charge in [-0.05, 0) is 40.7 Å². The van der Waals surface area contributed by atoms with E-state index in [4.69, 9.17) is 15.2 Å². The quantitative estimate of drug-likeness (QED) is 0.790. The number of nitrogens with zero attached hydrogens (tertiary/aromatic N) is 1. The topological polar surface area (TPSA) is 47.7 Å². The van der Waals surface area contributed by atoms with Gasteiger partial charge in [0.2, 0.25) is 0 Å². The summed E-state index contributed by atoms with van der Waals surface area (Å²) in [5.41, 5.74) is 6.01. The predicted molar refractivity (Wildman–Crippen MR) is 70.2 cm³/mol. The number of nitrogens with two attached hydrogens (primary N) is 1. The third-order valence-corrected chi connectivity index (χ3v) is 4.01. The minimum atomic E-state index is -0.0847. The zero-order chi connectivity index (χ0) is 13.1. The lowest BCUT2D eigenvalue weighted by Crippen LogP contribution is -2.62. The van der Waals surface area contributed by atoms with Crippen molar-refractivity contribution in [2.75, 3.05) is 33.9 Å². The van der Waals surface area contributed by atoms with Crippen molar-refractivity contribution < 1.29 is 9.47 Å². The molecule has 4 nitrogen and oxygen atoms in total. The third-order valence-electron chi connectivity index (χ3n) is 4.01. The van der Waals surface area contributed by atoms with Crippen LogP contribution in [-0.4, -0.2) is 56.0 Å². The minimum Gasteiger partial charge on any atom is -0.383 e. The molecule has 4 heteroatoms. The van der Waals surface area contributed by atoms with Crippen LogP contribution in [-0.2, 0) is 9.47 Å². The number of methoxy groups -OCH3 is 1. The predicted octanol–water partition coefficient (Wildman–Crippen LogP) is 1.24. The van der Waals surface area contributed by atoms with E-state index in [0.717, 1.165) is 26.1 Å². The molecular formula is C13H28N2O2. The van der Waals surface area contributed by atoms with Gasteiger partial charge in [-0.1, -0.05) is 0 Å². The smallest absolute Gasteiger partial charge is 0.0644 e. The number of ether oxygens (including phenoxy) is 2. The van der Waals surface area contributed by atoms with Crippen molar-refractivity contribution in [2.45, 2.75) is 50.8 Å². The molecule has 0 amide bonds. The number of likely N-dealkylation sites (N-methyl/N-ethyl adjacent to an activating group) is 1. The van der Waals surface area contributed by atoms with E-state index in [1.807, 2.05) is 0 Å². The van der Waals surface area contributed by atoms with Crippen LogP contribution in [0.1, 0.15) is 33.6 Å². The van der Waals surface area contributed by atoms with Crippen LogP contribution < -0.4 is 5.73 Å². The highest BCUT2D eigenvalue weighted by Gasteiger charge is 2.43. The summed E-state index contributed by atoms with van der Waals surface area (Å²) in [4.78, 5) is 2.38. The highest BCUT2D eigenvalue weighted by Crippen LogP contribution is 2.36. The maximum Gasteiger partial charge on any atom is 0.0644 e. The Bertz CT molecular complexity index is 246. The van der Waals surface area contributed by atoms with Crippen molar-refractivity contribution in [3.63, 3.8) is 0 Å². The van der Waals surface area contributed by atoms with Gasteiger partial charge in [-0.25, -0.2) is 0 Å². The molecule has 1 saturated heterocycles. The zero-order valence-corrected chi connectivity index (χ0v) is 12.0. The normalized spacial score (nSPS) is 30.5.